The van der Waals surface area contributed by atoms with Crippen molar-refractivity contribution < 1.29 is 9.59 Å². The first-order valence-corrected chi connectivity index (χ1v) is 12.7. The van der Waals surface area contributed by atoms with E-state index in [2.05, 4.69) is 18.3 Å². The molecule has 1 N–H and O–H groups in total. The third-order valence-electron chi connectivity index (χ3n) is 6.33. The van der Waals surface area contributed by atoms with E-state index in [1.54, 1.807) is 9.58 Å². The van der Waals surface area contributed by atoms with Crippen LogP contribution in [0, 0.1) is 20.8 Å². The number of unbranched alkanes of at least 4 members (excludes halogenated alkanes) is 1. The largest absolute Gasteiger partial charge is 0.329 e. The molecule has 0 spiro atoms. The van der Waals surface area contributed by atoms with E-state index in [-0.39, 0.29) is 18.4 Å². The van der Waals surface area contributed by atoms with Crippen LogP contribution in [0.25, 0.3) is 16.9 Å². The van der Waals surface area contributed by atoms with Crippen molar-refractivity contribution in [2.45, 2.75) is 40.5 Å². The molecule has 0 bridgehead atoms. The van der Waals surface area contributed by atoms with Gasteiger partial charge in [-0.15, -0.1) is 0 Å². The number of anilines is 1. The van der Waals surface area contributed by atoms with Gasteiger partial charge in [-0.1, -0.05) is 79.1 Å². The van der Waals surface area contributed by atoms with Gasteiger partial charge in [-0.3, -0.25) is 9.59 Å². The monoisotopic (exact) mass is 494 g/mol. The molecule has 0 aliphatic rings. The highest BCUT2D eigenvalue weighted by atomic mass is 16.2. The van der Waals surface area contributed by atoms with Crippen molar-refractivity contribution >= 4 is 17.6 Å². The number of aryl methyl sites for hydroxylation is 3. The second kappa shape index (κ2) is 11.7. The summed E-state index contributed by atoms with van der Waals surface area (Å²) in [6, 6.07) is 25.4. The molecule has 0 atom stereocenters. The molecule has 0 unspecified atom stereocenters. The number of rotatable bonds is 9. The Morgan fingerprint density at radius 2 is 1.59 bits per heavy atom. The van der Waals surface area contributed by atoms with Crippen LogP contribution < -0.4 is 5.32 Å². The molecule has 0 aliphatic carbocycles. The molecule has 2 amide bonds. The van der Waals surface area contributed by atoms with Gasteiger partial charge in [0.1, 0.15) is 12.4 Å². The zero-order valence-corrected chi connectivity index (χ0v) is 22.0. The maximum atomic E-state index is 13.3. The standard InChI is InChI=1S/C31H34N4O2/c1-5-6-18-34(31(37)26-15-12-22(2)13-16-26)21-30(36)32-29-20-27(25-10-8-7-9-11-25)33-35(29)28-17-14-23(3)19-24(28)4/h7-17,19-20H,5-6,18,21H2,1-4H3,(H,32,36). The number of aromatic nitrogens is 2. The van der Waals surface area contributed by atoms with E-state index in [0.29, 0.717) is 17.9 Å². The summed E-state index contributed by atoms with van der Waals surface area (Å²) in [5.41, 5.74) is 6.49. The molecule has 1 aromatic heterocycles. The number of carbonyl (C=O) groups is 2. The lowest BCUT2D eigenvalue weighted by Crippen LogP contribution is -2.39. The fraction of sp³-hybridized carbons (Fsp3) is 0.258. The normalized spacial score (nSPS) is 10.8. The minimum absolute atomic E-state index is 0.0363. The van der Waals surface area contributed by atoms with E-state index in [1.165, 1.54) is 0 Å². The second-order valence-electron chi connectivity index (χ2n) is 9.48. The van der Waals surface area contributed by atoms with Crippen LogP contribution in [-0.4, -0.2) is 39.6 Å². The number of hydrogen-bond acceptors (Lipinski definition) is 3. The second-order valence-corrected chi connectivity index (χ2v) is 9.48. The number of carbonyl (C=O) groups excluding carboxylic acids is 2. The SMILES string of the molecule is CCCCN(CC(=O)Nc1cc(-c2ccccc2)nn1-c1ccc(C)cc1C)C(=O)c1ccc(C)cc1. The summed E-state index contributed by atoms with van der Waals surface area (Å²) in [5.74, 6) is 0.160. The Kier molecular flexibility index (Phi) is 8.18. The molecular formula is C31H34N4O2. The van der Waals surface area contributed by atoms with E-state index >= 15 is 0 Å². The molecule has 37 heavy (non-hydrogen) atoms. The Balaban J connectivity index is 1.62. The summed E-state index contributed by atoms with van der Waals surface area (Å²) < 4.78 is 1.77. The van der Waals surface area contributed by atoms with Crippen molar-refractivity contribution in [1.29, 1.82) is 0 Å². The predicted molar refractivity (Wildman–Crippen MR) is 149 cm³/mol. The van der Waals surface area contributed by atoms with Crippen molar-refractivity contribution in [2.75, 3.05) is 18.4 Å². The maximum absolute atomic E-state index is 13.3. The number of nitrogens with one attached hydrogen (secondary N) is 1. The molecule has 0 saturated carbocycles. The van der Waals surface area contributed by atoms with Gasteiger partial charge < -0.3 is 10.2 Å². The Hall–Kier alpha value is -4.19. The minimum Gasteiger partial charge on any atom is -0.329 e. The van der Waals surface area contributed by atoms with Gasteiger partial charge in [0.05, 0.1) is 11.4 Å². The minimum atomic E-state index is -0.262. The predicted octanol–water partition coefficient (Wildman–Crippen LogP) is 6.35. The van der Waals surface area contributed by atoms with Crippen molar-refractivity contribution in [3.05, 3.63) is 101 Å². The molecule has 190 valence electrons. The van der Waals surface area contributed by atoms with Gasteiger partial charge in [-0.25, -0.2) is 4.68 Å². The third kappa shape index (κ3) is 6.33. The molecule has 6 heteroatoms. The van der Waals surface area contributed by atoms with Crippen LogP contribution in [-0.2, 0) is 4.79 Å². The van der Waals surface area contributed by atoms with Crippen LogP contribution >= 0.6 is 0 Å². The van der Waals surface area contributed by atoms with Gasteiger partial charge in [0.15, 0.2) is 0 Å². The Labute approximate surface area is 218 Å². The van der Waals surface area contributed by atoms with E-state index in [1.807, 2.05) is 93.6 Å². The highest BCUT2D eigenvalue weighted by Crippen LogP contribution is 2.26. The first kappa shape index (κ1) is 25.9. The van der Waals surface area contributed by atoms with Gasteiger partial charge in [0, 0.05) is 23.7 Å². The summed E-state index contributed by atoms with van der Waals surface area (Å²) in [6.07, 6.45) is 1.75. The molecule has 0 saturated heterocycles. The number of hydrogen-bond donors (Lipinski definition) is 1. The van der Waals surface area contributed by atoms with Crippen LogP contribution in [0.3, 0.4) is 0 Å². The van der Waals surface area contributed by atoms with Crippen LogP contribution in [0.1, 0.15) is 46.8 Å². The van der Waals surface area contributed by atoms with Crippen molar-refractivity contribution in [2.24, 2.45) is 0 Å². The lowest BCUT2D eigenvalue weighted by atomic mass is 10.1. The first-order valence-electron chi connectivity index (χ1n) is 12.7. The highest BCUT2D eigenvalue weighted by Gasteiger charge is 2.21. The van der Waals surface area contributed by atoms with Gasteiger partial charge in [-0.2, -0.15) is 5.10 Å². The lowest BCUT2D eigenvalue weighted by molar-refractivity contribution is -0.117. The topological polar surface area (TPSA) is 67.2 Å². The smallest absolute Gasteiger partial charge is 0.254 e. The number of benzene rings is 3. The summed E-state index contributed by atoms with van der Waals surface area (Å²) in [4.78, 5) is 28.2. The van der Waals surface area contributed by atoms with E-state index < -0.39 is 0 Å². The summed E-state index contributed by atoms with van der Waals surface area (Å²) >= 11 is 0. The maximum Gasteiger partial charge on any atom is 0.254 e. The first-order chi connectivity index (χ1) is 17.9. The van der Waals surface area contributed by atoms with Crippen LogP contribution in [0.5, 0.6) is 0 Å². The molecule has 1 heterocycles. The summed E-state index contributed by atoms with van der Waals surface area (Å²) in [7, 11) is 0. The average Bonchev–Trinajstić information content (AvgIpc) is 3.30. The Bertz CT molecular complexity index is 1370. The fourth-order valence-corrected chi connectivity index (χ4v) is 4.28. The number of nitrogens with zero attached hydrogens (tertiary/aromatic N) is 3. The van der Waals surface area contributed by atoms with Crippen LogP contribution in [0.4, 0.5) is 5.82 Å². The summed E-state index contributed by atoms with van der Waals surface area (Å²) in [5, 5.41) is 7.87. The lowest BCUT2D eigenvalue weighted by Gasteiger charge is -2.22. The molecule has 0 aliphatic heterocycles. The van der Waals surface area contributed by atoms with Crippen LogP contribution in [0.2, 0.25) is 0 Å². The van der Waals surface area contributed by atoms with Gasteiger partial charge in [0.2, 0.25) is 5.91 Å². The molecule has 0 radical (unpaired) electrons. The molecule has 3 aromatic carbocycles. The molecule has 6 nitrogen and oxygen atoms in total. The molecule has 4 rings (SSSR count). The average molecular weight is 495 g/mol. The van der Waals surface area contributed by atoms with Crippen molar-refractivity contribution in [1.82, 2.24) is 14.7 Å². The van der Waals surface area contributed by atoms with Crippen molar-refractivity contribution in [3.8, 4) is 16.9 Å². The molecule has 0 fully saturated rings. The molecule has 4 aromatic rings. The number of amides is 2. The van der Waals surface area contributed by atoms with E-state index in [0.717, 1.165) is 46.5 Å². The van der Waals surface area contributed by atoms with E-state index in [9.17, 15) is 9.59 Å². The third-order valence-corrected chi connectivity index (χ3v) is 6.33. The fourth-order valence-electron chi connectivity index (χ4n) is 4.28. The zero-order valence-electron chi connectivity index (χ0n) is 22.0. The van der Waals surface area contributed by atoms with E-state index in [4.69, 9.17) is 5.10 Å². The highest BCUT2D eigenvalue weighted by molar-refractivity contribution is 5.99. The quantitative estimate of drug-likeness (QED) is 0.295. The van der Waals surface area contributed by atoms with Gasteiger partial charge >= 0.3 is 0 Å². The van der Waals surface area contributed by atoms with Gasteiger partial charge in [-0.05, 0) is 51.0 Å². The Morgan fingerprint density at radius 3 is 2.27 bits per heavy atom. The van der Waals surface area contributed by atoms with Gasteiger partial charge in [0.25, 0.3) is 5.91 Å². The van der Waals surface area contributed by atoms with Crippen LogP contribution in [0.15, 0.2) is 78.9 Å². The van der Waals surface area contributed by atoms with Crippen molar-refractivity contribution in [3.63, 3.8) is 0 Å². The summed E-state index contributed by atoms with van der Waals surface area (Å²) in [6.45, 7) is 8.62. The Morgan fingerprint density at radius 1 is 0.892 bits per heavy atom. The zero-order chi connectivity index (χ0) is 26.4. The molecular weight excluding hydrogens is 460 g/mol.